The summed E-state index contributed by atoms with van der Waals surface area (Å²) in [4.78, 5) is 6.77. The Kier molecular flexibility index (Phi) is 4.25. The molecule has 3 heterocycles. The SMILES string of the molecule is C[C@@H](NCc1cc(-c2cccs2)cs1)c1ccncc1. The van der Waals surface area contributed by atoms with E-state index < -0.39 is 0 Å². The third-order valence-corrected chi connectivity index (χ3v) is 5.10. The number of nitrogens with zero attached hydrogens (tertiary/aromatic N) is 1. The highest BCUT2D eigenvalue weighted by atomic mass is 32.1. The fourth-order valence-corrected chi connectivity index (χ4v) is 3.69. The van der Waals surface area contributed by atoms with E-state index >= 15 is 0 Å². The van der Waals surface area contributed by atoms with Crippen molar-refractivity contribution in [2.75, 3.05) is 0 Å². The van der Waals surface area contributed by atoms with E-state index in [0.29, 0.717) is 6.04 Å². The Labute approximate surface area is 127 Å². The smallest absolute Gasteiger partial charge is 0.0351 e. The number of rotatable bonds is 5. The number of hydrogen-bond donors (Lipinski definition) is 1. The summed E-state index contributed by atoms with van der Waals surface area (Å²) in [6.07, 6.45) is 3.68. The van der Waals surface area contributed by atoms with Crippen molar-refractivity contribution in [1.82, 2.24) is 10.3 Å². The molecule has 3 rings (SSSR count). The van der Waals surface area contributed by atoms with Crippen molar-refractivity contribution >= 4 is 22.7 Å². The van der Waals surface area contributed by atoms with Crippen molar-refractivity contribution in [3.05, 3.63) is 63.9 Å². The van der Waals surface area contributed by atoms with Gasteiger partial charge < -0.3 is 5.32 Å². The second-order valence-electron chi connectivity index (χ2n) is 4.66. The molecule has 0 bridgehead atoms. The van der Waals surface area contributed by atoms with E-state index in [1.54, 1.807) is 11.3 Å². The van der Waals surface area contributed by atoms with Crippen LogP contribution < -0.4 is 5.32 Å². The van der Waals surface area contributed by atoms with Crippen LogP contribution in [0.1, 0.15) is 23.4 Å². The van der Waals surface area contributed by atoms with Gasteiger partial charge in [-0.05, 0) is 47.5 Å². The first-order valence-corrected chi connectivity index (χ1v) is 8.33. The zero-order valence-electron chi connectivity index (χ0n) is 11.2. The Morgan fingerprint density at radius 1 is 1.20 bits per heavy atom. The van der Waals surface area contributed by atoms with Crippen molar-refractivity contribution < 1.29 is 0 Å². The molecular formula is C16H16N2S2. The van der Waals surface area contributed by atoms with Crippen LogP contribution in [0.2, 0.25) is 0 Å². The molecule has 1 atom stereocenters. The molecule has 0 unspecified atom stereocenters. The highest BCUT2D eigenvalue weighted by molar-refractivity contribution is 7.14. The molecule has 0 aliphatic heterocycles. The van der Waals surface area contributed by atoms with E-state index in [0.717, 1.165) is 6.54 Å². The van der Waals surface area contributed by atoms with Gasteiger partial charge in [-0.3, -0.25) is 4.98 Å². The number of thiophene rings is 2. The molecule has 2 nitrogen and oxygen atoms in total. The molecule has 0 fully saturated rings. The third-order valence-electron chi connectivity index (χ3n) is 3.25. The van der Waals surface area contributed by atoms with Crippen molar-refractivity contribution in [1.29, 1.82) is 0 Å². The summed E-state index contributed by atoms with van der Waals surface area (Å²) in [7, 11) is 0. The van der Waals surface area contributed by atoms with Crippen LogP contribution >= 0.6 is 22.7 Å². The van der Waals surface area contributed by atoms with Crippen molar-refractivity contribution in [2.24, 2.45) is 0 Å². The minimum Gasteiger partial charge on any atom is -0.305 e. The van der Waals surface area contributed by atoms with Crippen molar-refractivity contribution in [3.63, 3.8) is 0 Å². The maximum atomic E-state index is 4.05. The van der Waals surface area contributed by atoms with Gasteiger partial charge in [0, 0.05) is 40.3 Å². The van der Waals surface area contributed by atoms with Gasteiger partial charge in [0.2, 0.25) is 0 Å². The van der Waals surface area contributed by atoms with E-state index in [2.05, 4.69) is 58.3 Å². The summed E-state index contributed by atoms with van der Waals surface area (Å²) in [5, 5.41) is 7.92. The molecule has 3 aromatic rings. The summed E-state index contributed by atoms with van der Waals surface area (Å²) >= 11 is 3.61. The minimum atomic E-state index is 0.338. The van der Waals surface area contributed by atoms with Crippen molar-refractivity contribution in [3.8, 4) is 10.4 Å². The van der Waals surface area contributed by atoms with Crippen LogP contribution in [0.25, 0.3) is 10.4 Å². The minimum absolute atomic E-state index is 0.338. The maximum Gasteiger partial charge on any atom is 0.0351 e. The van der Waals surface area contributed by atoms with Gasteiger partial charge >= 0.3 is 0 Å². The van der Waals surface area contributed by atoms with Gasteiger partial charge in [-0.25, -0.2) is 0 Å². The van der Waals surface area contributed by atoms with Gasteiger partial charge in [0.15, 0.2) is 0 Å². The quantitative estimate of drug-likeness (QED) is 0.737. The highest BCUT2D eigenvalue weighted by Gasteiger charge is 2.07. The molecule has 0 spiro atoms. The second-order valence-corrected chi connectivity index (χ2v) is 6.61. The predicted molar refractivity (Wildman–Crippen MR) is 87.1 cm³/mol. The van der Waals surface area contributed by atoms with E-state index in [1.165, 1.54) is 20.9 Å². The molecule has 102 valence electrons. The Morgan fingerprint density at radius 2 is 2.05 bits per heavy atom. The van der Waals surface area contributed by atoms with Gasteiger partial charge in [-0.2, -0.15) is 0 Å². The Hall–Kier alpha value is -1.49. The largest absolute Gasteiger partial charge is 0.305 e. The summed E-state index contributed by atoms with van der Waals surface area (Å²) in [5.41, 5.74) is 2.61. The first-order chi connectivity index (χ1) is 9.83. The second kappa shape index (κ2) is 6.31. The summed E-state index contributed by atoms with van der Waals surface area (Å²) < 4.78 is 0. The summed E-state index contributed by atoms with van der Waals surface area (Å²) in [6, 6.07) is 11.0. The average molecular weight is 300 g/mol. The lowest BCUT2D eigenvalue weighted by Gasteiger charge is -2.12. The number of aromatic nitrogens is 1. The molecule has 4 heteroatoms. The van der Waals surface area contributed by atoms with Gasteiger partial charge in [0.1, 0.15) is 0 Å². The van der Waals surface area contributed by atoms with Crippen LogP contribution in [-0.2, 0) is 6.54 Å². The van der Waals surface area contributed by atoms with Gasteiger partial charge in [-0.1, -0.05) is 6.07 Å². The van der Waals surface area contributed by atoms with Gasteiger partial charge in [0.05, 0.1) is 0 Å². The molecule has 0 radical (unpaired) electrons. The molecule has 0 aliphatic rings. The Morgan fingerprint density at radius 3 is 2.80 bits per heavy atom. The number of hydrogen-bond acceptors (Lipinski definition) is 4. The van der Waals surface area contributed by atoms with E-state index in [4.69, 9.17) is 0 Å². The average Bonchev–Trinajstić information content (AvgIpc) is 3.16. The lowest BCUT2D eigenvalue weighted by atomic mass is 10.1. The summed E-state index contributed by atoms with van der Waals surface area (Å²) in [5.74, 6) is 0. The summed E-state index contributed by atoms with van der Waals surface area (Å²) in [6.45, 7) is 3.09. The van der Waals surface area contributed by atoms with Crippen LogP contribution in [0.4, 0.5) is 0 Å². The molecule has 20 heavy (non-hydrogen) atoms. The van der Waals surface area contributed by atoms with E-state index in [1.807, 2.05) is 23.7 Å². The highest BCUT2D eigenvalue weighted by Crippen LogP contribution is 2.29. The van der Waals surface area contributed by atoms with Crippen LogP contribution in [0.3, 0.4) is 0 Å². The first kappa shape index (κ1) is 13.5. The van der Waals surface area contributed by atoms with Crippen LogP contribution in [0, 0.1) is 0 Å². The van der Waals surface area contributed by atoms with Gasteiger partial charge in [0.25, 0.3) is 0 Å². The zero-order chi connectivity index (χ0) is 13.8. The monoisotopic (exact) mass is 300 g/mol. The number of pyridine rings is 1. The molecule has 0 saturated heterocycles. The van der Waals surface area contributed by atoms with Gasteiger partial charge in [-0.15, -0.1) is 22.7 Å². The molecule has 0 aliphatic carbocycles. The van der Waals surface area contributed by atoms with Crippen LogP contribution in [0.5, 0.6) is 0 Å². The maximum absolute atomic E-state index is 4.05. The normalized spacial score (nSPS) is 12.4. The lowest BCUT2D eigenvalue weighted by Crippen LogP contribution is -2.17. The topological polar surface area (TPSA) is 24.9 Å². The molecule has 0 aromatic carbocycles. The molecule has 3 aromatic heterocycles. The predicted octanol–water partition coefficient (Wildman–Crippen LogP) is 4.72. The zero-order valence-corrected chi connectivity index (χ0v) is 12.9. The standard InChI is InChI=1S/C16H16N2S2/c1-12(13-4-6-17-7-5-13)18-10-15-9-14(11-20-15)16-3-2-8-19-16/h2-9,11-12,18H,10H2,1H3/t12-/m1/s1. The first-order valence-electron chi connectivity index (χ1n) is 6.57. The van der Waals surface area contributed by atoms with E-state index in [9.17, 15) is 0 Å². The fourth-order valence-electron chi connectivity index (χ4n) is 2.07. The number of nitrogens with one attached hydrogen (secondary N) is 1. The molecule has 0 amide bonds. The Balaban J connectivity index is 1.62. The molecule has 1 N–H and O–H groups in total. The lowest BCUT2D eigenvalue weighted by molar-refractivity contribution is 0.578. The van der Waals surface area contributed by atoms with E-state index in [-0.39, 0.29) is 0 Å². The molecule has 0 saturated carbocycles. The molecular weight excluding hydrogens is 284 g/mol. The van der Waals surface area contributed by atoms with Crippen LogP contribution in [-0.4, -0.2) is 4.98 Å². The fraction of sp³-hybridized carbons (Fsp3) is 0.188. The third kappa shape index (κ3) is 3.15. The van der Waals surface area contributed by atoms with Crippen LogP contribution in [0.15, 0.2) is 53.5 Å². The van der Waals surface area contributed by atoms with Crippen molar-refractivity contribution in [2.45, 2.75) is 19.5 Å². The Bertz CT molecular complexity index is 644.